The van der Waals surface area contributed by atoms with Gasteiger partial charge >= 0.3 is 92.5 Å². The second kappa shape index (κ2) is 4.97. The number of rotatable bonds is 3. The van der Waals surface area contributed by atoms with Crippen LogP contribution in [0.15, 0.2) is 30.3 Å². The van der Waals surface area contributed by atoms with Crippen molar-refractivity contribution >= 4 is 19.4 Å². The molecule has 0 amide bonds. The van der Waals surface area contributed by atoms with Crippen LogP contribution in [-0.4, -0.2) is 26.2 Å². The molecule has 0 aliphatic rings. The Kier molecular flexibility index (Phi) is 4.18. The van der Waals surface area contributed by atoms with Crippen molar-refractivity contribution in [2.75, 3.05) is 0 Å². The molecule has 1 aromatic carbocycles. The Hall–Kier alpha value is -0.301. The van der Waals surface area contributed by atoms with Crippen LogP contribution in [0.25, 0.3) is 0 Å². The van der Waals surface area contributed by atoms with Crippen LogP contribution in [0.5, 0.6) is 0 Å². The summed E-state index contributed by atoms with van der Waals surface area (Å²) >= 11 is 0.397. The Morgan fingerprint density at radius 3 is 2.29 bits per heavy atom. The predicted octanol–water partition coefficient (Wildman–Crippen LogP) is 1.84. The fraction of sp³-hybridized carbons (Fsp3) is 0.500. The van der Waals surface area contributed by atoms with Crippen molar-refractivity contribution in [1.82, 2.24) is 0 Å². The van der Waals surface area contributed by atoms with Crippen molar-refractivity contribution < 1.29 is 5.11 Å². The number of hydrogen-bond donors (Lipinski definition) is 1. The number of hydrogen-bond acceptors (Lipinski definition) is 1. The Morgan fingerprint density at radius 2 is 1.79 bits per heavy atom. The van der Waals surface area contributed by atoms with Gasteiger partial charge in [0.1, 0.15) is 0 Å². The van der Waals surface area contributed by atoms with Crippen LogP contribution < -0.4 is 4.46 Å². The molecule has 0 heterocycles. The zero-order valence-electron chi connectivity index (χ0n) is 9.03. The van der Waals surface area contributed by atoms with E-state index in [9.17, 15) is 5.11 Å². The second-order valence-corrected chi connectivity index (χ2v) is 6.80. The van der Waals surface area contributed by atoms with E-state index in [0.717, 1.165) is 5.32 Å². The van der Waals surface area contributed by atoms with Crippen LogP contribution in [0.4, 0.5) is 0 Å². The normalized spacial score (nSPS) is 14.0. The van der Waals surface area contributed by atoms with E-state index in [1.807, 2.05) is 6.07 Å². The summed E-state index contributed by atoms with van der Waals surface area (Å²) in [6, 6.07) is 10.4. The molecule has 0 aliphatic carbocycles. The molecular weight excluding hydrogens is 239 g/mol. The molecule has 0 bridgehead atoms. The topological polar surface area (TPSA) is 20.2 Å². The van der Waals surface area contributed by atoms with Gasteiger partial charge in [-0.15, -0.1) is 0 Å². The fourth-order valence-corrected chi connectivity index (χ4v) is 3.46. The summed E-state index contributed by atoms with van der Waals surface area (Å²) in [5.74, 6) is 0. The third kappa shape index (κ3) is 3.83. The van der Waals surface area contributed by atoms with Crippen LogP contribution >= 0.6 is 0 Å². The Balaban J connectivity index is 2.42. The van der Waals surface area contributed by atoms with E-state index in [-0.39, 0.29) is 11.5 Å². The van der Waals surface area contributed by atoms with Crippen LogP contribution in [0.3, 0.4) is 0 Å². The third-order valence-electron chi connectivity index (χ3n) is 2.15. The van der Waals surface area contributed by atoms with Crippen molar-refractivity contribution in [3.8, 4) is 0 Å². The number of aliphatic hydroxyl groups excluding tert-OH is 1. The molecule has 78 valence electrons. The van der Waals surface area contributed by atoms with Gasteiger partial charge in [-0.3, -0.25) is 0 Å². The molecule has 0 saturated carbocycles. The first-order valence-corrected chi connectivity index (χ1v) is 6.93. The molecule has 0 fully saturated rings. The molecule has 1 aromatic rings. The van der Waals surface area contributed by atoms with Crippen molar-refractivity contribution in [3.05, 3.63) is 30.3 Å². The standard InChI is InChI=1S/C12H18OSe/c1-12(2,3)11(13)9-14-10-7-5-4-6-8-10/h4-8,11,13H,9H2,1-3H3. The average Bonchev–Trinajstić information content (AvgIpc) is 2.14. The molecule has 0 saturated heterocycles. The Morgan fingerprint density at radius 1 is 1.21 bits per heavy atom. The van der Waals surface area contributed by atoms with Gasteiger partial charge in [-0.2, -0.15) is 0 Å². The molecule has 0 aliphatic heterocycles. The first-order chi connectivity index (χ1) is 6.50. The molecule has 1 N–H and O–H groups in total. The van der Waals surface area contributed by atoms with E-state index < -0.39 is 0 Å². The second-order valence-electron chi connectivity index (χ2n) is 4.51. The van der Waals surface area contributed by atoms with Crippen molar-refractivity contribution in [3.63, 3.8) is 0 Å². The molecule has 1 unspecified atom stereocenters. The molecule has 0 radical (unpaired) electrons. The monoisotopic (exact) mass is 258 g/mol. The van der Waals surface area contributed by atoms with E-state index >= 15 is 0 Å². The average molecular weight is 257 g/mol. The summed E-state index contributed by atoms with van der Waals surface area (Å²) in [5, 5.41) is 10.8. The van der Waals surface area contributed by atoms with Crippen molar-refractivity contribution in [2.24, 2.45) is 5.41 Å². The van der Waals surface area contributed by atoms with Crippen LogP contribution in [0.2, 0.25) is 5.32 Å². The molecule has 0 aromatic heterocycles. The molecule has 1 atom stereocenters. The van der Waals surface area contributed by atoms with Gasteiger partial charge in [0, 0.05) is 0 Å². The third-order valence-corrected chi connectivity index (χ3v) is 4.43. The predicted molar refractivity (Wildman–Crippen MR) is 62.1 cm³/mol. The first-order valence-electron chi connectivity index (χ1n) is 4.86. The zero-order valence-corrected chi connectivity index (χ0v) is 10.7. The summed E-state index contributed by atoms with van der Waals surface area (Å²) < 4.78 is 1.36. The molecule has 0 spiro atoms. The number of aliphatic hydroxyl groups is 1. The summed E-state index contributed by atoms with van der Waals surface area (Å²) in [7, 11) is 0. The SMILES string of the molecule is CC(C)(C)C(O)C[Se]c1ccccc1. The van der Waals surface area contributed by atoms with Gasteiger partial charge in [-0.1, -0.05) is 0 Å². The van der Waals surface area contributed by atoms with Crippen LogP contribution in [0.1, 0.15) is 20.8 Å². The van der Waals surface area contributed by atoms with E-state index in [1.165, 1.54) is 4.46 Å². The maximum atomic E-state index is 9.86. The Bertz CT molecular complexity index is 263. The summed E-state index contributed by atoms with van der Waals surface area (Å²) in [5.41, 5.74) is 0.0104. The van der Waals surface area contributed by atoms with Gasteiger partial charge in [-0.25, -0.2) is 0 Å². The van der Waals surface area contributed by atoms with Gasteiger partial charge in [0.25, 0.3) is 0 Å². The molecule has 1 nitrogen and oxygen atoms in total. The molecular formula is C12H18OSe. The van der Waals surface area contributed by atoms with Crippen molar-refractivity contribution in [1.29, 1.82) is 0 Å². The van der Waals surface area contributed by atoms with Gasteiger partial charge < -0.3 is 0 Å². The Labute approximate surface area is 92.7 Å². The zero-order chi connectivity index (χ0) is 10.6. The van der Waals surface area contributed by atoms with Gasteiger partial charge in [0.2, 0.25) is 0 Å². The fourth-order valence-electron chi connectivity index (χ4n) is 0.942. The number of benzene rings is 1. The molecule has 2 heteroatoms. The molecule has 14 heavy (non-hydrogen) atoms. The summed E-state index contributed by atoms with van der Waals surface area (Å²) in [6.45, 7) is 6.25. The van der Waals surface area contributed by atoms with E-state index in [1.54, 1.807) is 0 Å². The van der Waals surface area contributed by atoms with Crippen LogP contribution in [-0.2, 0) is 0 Å². The summed E-state index contributed by atoms with van der Waals surface area (Å²) in [4.78, 5) is 0. The van der Waals surface area contributed by atoms with E-state index in [0.29, 0.717) is 15.0 Å². The van der Waals surface area contributed by atoms with Gasteiger partial charge in [-0.05, 0) is 0 Å². The minimum absolute atomic E-state index is 0.0104. The van der Waals surface area contributed by atoms with E-state index in [2.05, 4.69) is 45.0 Å². The van der Waals surface area contributed by atoms with Crippen molar-refractivity contribution in [2.45, 2.75) is 32.2 Å². The quantitative estimate of drug-likeness (QED) is 0.819. The maximum absolute atomic E-state index is 9.86. The molecule has 1 rings (SSSR count). The van der Waals surface area contributed by atoms with Crippen LogP contribution in [0, 0.1) is 5.41 Å². The van der Waals surface area contributed by atoms with Gasteiger partial charge in [0.05, 0.1) is 0 Å². The van der Waals surface area contributed by atoms with E-state index in [4.69, 9.17) is 0 Å². The summed E-state index contributed by atoms with van der Waals surface area (Å²) in [6.07, 6.45) is -0.192. The first kappa shape index (κ1) is 11.8. The van der Waals surface area contributed by atoms with Gasteiger partial charge in [0.15, 0.2) is 0 Å². The minimum atomic E-state index is -0.192.